The summed E-state index contributed by atoms with van der Waals surface area (Å²) in [5.41, 5.74) is 3.67. The van der Waals surface area contributed by atoms with Crippen LogP contribution in [0.25, 0.3) is 0 Å². The van der Waals surface area contributed by atoms with E-state index in [0.29, 0.717) is 17.9 Å². The minimum atomic E-state index is 0.0314. The van der Waals surface area contributed by atoms with Gasteiger partial charge in [0, 0.05) is 12.2 Å². The zero-order valence-electron chi connectivity index (χ0n) is 14.5. The normalized spacial score (nSPS) is 27.9. The van der Waals surface area contributed by atoms with Crippen molar-refractivity contribution < 1.29 is 14.6 Å². The quantitative estimate of drug-likeness (QED) is 0.875. The molecular formula is C18H30N2O3. The van der Waals surface area contributed by atoms with Crippen LogP contribution in [0.3, 0.4) is 0 Å². The van der Waals surface area contributed by atoms with Gasteiger partial charge in [-0.1, -0.05) is 6.92 Å². The number of nitrogens with zero attached hydrogens (tertiary/aromatic N) is 2. The minimum absolute atomic E-state index is 0.0314. The lowest BCUT2D eigenvalue weighted by atomic mass is 9.67. The predicted molar refractivity (Wildman–Crippen MR) is 88.2 cm³/mol. The van der Waals surface area contributed by atoms with Crippen molar-refractivity contribution in [2.24, 2.45) is 5.41 Å². The Hall–Kier alpha value is -0.910. The van der Waals surface area contributed by atoms with Crippen LogP contribution in [0.5, 0.6) is 0 Å². The molecule has 1 fully saturated rings. The third-order valence-corrected chi connectivity index (χ3v) is 5.83. The Labute approximate surface area is 139 Å². The molecule has 130 valence electrons. The molecule has 0 atom stereocenters. The van der Waals surface area contributed by atoms with Crippen molar-refractivity contribution in [3.8, 4) is 0 Å². The van der Waals surface area contributed by atoms with Gasteiger partial charge in [0.15, 0.2) is 0 Å². The smallest absolute Gasteiger partial charge is 0.0917 e. The van der Waals surface area contributed by atoms with Gasteiger partial charge in [0.05, 0.1) is 44.4 Å². The van der Waals surface area contributed by atoms with Crippen LogP contribution in [0.15, 0.2) is 0 Å². The zero-order chi connectivity index (χ0) is 16.3. The lowest BCUT2D eigenvalue weighted by molar-refractivity contribution is 0.0188. The number of fused-ring (bicyclic) bond motifs is 1. The molecule has 0 saturated heterocycles. The van der Waals surface area contributed by atoms with E-state index in [1.807, 2.05) is 4.68 Å². The van der Waals surface area contributed by atoms with Gasteiger partial charge in [0.1, 0.15) is 0 Å². The first-order chi connectivity index (χ1) is 11.2. The molecule has 1 aliphatic heterocycles. The van der Waals surface area contributed by atoms with Gasteiger partial charge in [-0.3, -0.25) is 4.68 Å². The summed E-state index contributed by atoms with van der Waals surface area (Å²) in [6.07, 6.45) is 5.90. The Balaban J connectivity index is 1.76. The number of aromatic nitrogens is 2. The Morgan fingerprint density at radius 1 is 1.35 bits per heavy atom. The van der Waals surface area contributed by atoms with Gasteiger partial charge in [-0.15, -0.1) is 0 Å². The first-order valence-corrected chi connectivity index (χ1v) is 9.08. The molecule has 1 N–H and O–H groups in total. The van der Waals surface area contributed by atoms with Crippen LogP contribution in [0.2, 0.25) is 0 Å². The van der Waals surface area contributed by atoms with Crippen LogP contribution in [0.1, 0.15) is 68.8 Å². The second kappa shape index (κ2) is 7.32. The van der Waals surface area contributed by atoms with Gasteiger partial charge in [-0.05, 0) is 50.4 Å². The summed E-state index contributed by atoms with van der Waals surface area (Å²) in [5, 5.41) is 14.3. The van der Waals surface area contributed by atoms with E-state index in [9.17, 15) is 5.11 Å². The predicted octanol–water partition coefficient (Wildman–Crippen LogP) is 3.00. The highest BCUT2D eigenvalue weighted by molar-refractivity contribution is 5.31. The van der Waals surface area contributed by atoms with Crippen molar-refractivity contribution in [2.75, 3.05) is 19.8 Å². The third kappa shape index (κ3) is 3.32. The van der Waals surface area contributed by atoms with Crippen molar-refractivity contribution in [1.29, 1.82) is 0 Å². The Morgan fingerprint density at radius 2 is 2.13 bits per heavy atom. The number of ether oxygens (including phenoxy) is 2. The van der Waals surface area contributed by atoms with Crippen molar-refractivity contribution >= 4 is 0 Å². The lowest BCUT2D eigenvalue weighted by Crippen LogP contribution is -2.31. The van der Waals surface area contributed by atoms with Crippen molar-refractivity contribution in [3.63, 3.8) is 0 Å². The molecule has 3 rings (SSSR count). The van der Waals surface area contributed by atoms with Crippen LogP contribution in [0.4, 0.5) is 0 Å². The topological polar surface area (TPSA) is 56.5 Å². The summed E-state index contributed by atoms with van der Waals surface area (Å²) in [5.74, 6) is 0.504. The molecule has 5 heteroatoms. The van der Waals surface area contributed by atoms with Gasteiger partial charge in [0.25, 0.3) is 0 Å². The number of rotatable bonds is 6. The largest absolute Gasteiger partial charge is 0.390 e. The van der Waals surface area contributed by atoms with Gasteiger partial charge in [-0.2, -0.15) is 5.10 Å². The van der Waals surface area contributed by atoms with Crippen LogP contribution in [-0.4, -0.2) is 34.7 Å². The molecule has 0 amide bonds. The van der Waals surface area contributed by atoms with Gasteiger partial charge >= 0.3 is 0 Å². The van der Waals surface area contributed by atoms with Gasteiger partial charge in [0.2, 0.25) is 0 Å². The van der Waals surface area contributed by atoms with E-state index in [-0.39, 0.29) is 6.61 Å². The van der Waals surface area contributed by atoms with E-state index in [4.69, 9.17) is 9.47 Å². The van der Waals surface area contributed by atoms with Crippen LogP contribution in [0, 0.1) is 5.41 Å². The van der Waals surface area contributed by atoms with E-state index in [1.165, 1.54) is 30.5 Å². The fraction of sp³-hybridized carbons (Fsp3) is 0.833. The molecule has 2 heterocycles. The second-order valence-electron chi connectivity index (χ2n) is 7.01. The van der Waals surface area contributed by atoms with Crippen molar-refractivity contribution in [2.45, 2.75) is 71.6 Å². The third-order valence-electron chi connectivity index (χ3n) is 5.83. The Kier molecular flexibility index (Phi) is 5.39. The highest BCUT2D eigenvalue weighted by Gasteiger charge is 2.37. The SMILES string of the molecule is CCOCC1(CC)CCC(c2c(CO)nn3c2COCC3)CC1. The fourth-order valence-electron chi connectivity index (χ4n) is 4.25. The number of hydrogen-bond donors (Lipinski definition) is 1. The summed E-state index contributed by atoms with van der Waals surface area (Å²) in [4.78, 5) is 0. The Bertz CT molecular complexity index is 519. The molecule has 0 aromatic carbocycles. The molecule has 1 saturated carbocycles. The maximum absolute atomic E-state index is 9.73. The first-order valence-electron chi connectivity index (χ1n) is 9.08. The molecule has 5 nitrogen and oxygen atoms in total. The maximum atomic E-state index is 9.73. The lowest BCUT2D eigenvalue weighted by Gasteiger charge is -2.39. The van der Waals surface area contributed by atoms with Crippen molar-refractivity contribution in [1.82, 2.24) is 9.78 Å². The molecular weight excluding hydrogens is 292 g/mol. The second-order valence-corrected chi connectivity index (χ2v) is 7.01. The number of aliphatic hydroxyl groups excluding tert-OH is 1. The average Bonchev–Trinajstić information content (AvgIpc) is 2.99. The van der Waals surface area contributed by atoms with E-state index >= 15 is 0 Å². The van der Waals surface area contributed by atoms with E-state index < -0.39 is 0 Å². The molecule has 23 heavy (non-hydrogen) atoms. The molecule has 2 aliphatic rings. The molecule has 1 aromatic heterocycles. The molecule has 0 spiro atoms. The molecule has 0 bridgehead atoms. The molecule has 0 radical (unpaired) electrons. The van der Waals surface area contributed by atoms with E-state index in [0.717, 1.165) is 44.9 Å². The van der Waals surface area contributed by atoms with Crippen LogP contribution in [-0.2, 0) is 29.2 Å². The van der Waals surface area contributed by atoms with E-state index in [1.54, 1.807) is 0 Å². The molecule has 0 unspecified atom stereocenters. The highest BCUT2D eigenvalue weighted by atomic mass is 16.5. The fourth-order valence-corrected chi connectivity index (χ4v) is 4.25. The van der Waals surface area contributed by atoms with Gasteiger partial charge < -0.3 is 14.6 Å². The minimum Gasteiger partial charge on any atom is -0.390 e. The van der Waals surface area contributed by atoms with Crippen molar-refractivity contribution in [3.05, 3.63) is 17.0 Å². The number of aliphatic hydroxyl groups is 1. The summed E-state index contributed by atoms with van der Waals surface area (Å²) >= 11 is 0. The zero-order valence-corrected chi connectivity index (χ0v) is 14.5. The average molecular weight is 322 g/mol. The summed E-state index contributed by atoms with van der Waals surface area (Å²) in [6.45, 7) is 8.23. The first kappa shape index (κ1) is 16.9. The van der Waals surface area contributed by atoms with Crippen LogP contribution >= 0.6 is 0 Å². The summed E-state index contributed by atoms with van der Waals surface area (Å²) in [7, 11) is 0. The van der Waals surface area contributed by atoms with Crippen LogP contribution < -0.4 is 0 Å². The molecule has 1 aromatic rings. The number of hydrogen-bond acceptors (Lipinski definition) is 4. The monoisotopic (exact) mass is 322 g/mol. The standard InChI is InChI=1S/C18H30N2O3/c1-3-18(13-22-4-2)7-5-14(6-8-18)17-15(11-21)19-20-9-10-23-12-16(17)20/h14,21H,3-13H2,1-2H3. The van der Waals surface area contributed by atoms with Gasteiger partial charge in [-0.25, -0.2) is 0 Å². The molecule has 1 aliphatic carbocycles. The highest BCUT2D eigenvalue weighted by Crippen LogP contribution is 2.46. The summed E-state index contributed by atoms with van der Waals surface area (Å²) in [6, 6.07) is 0. The summed E-state index contributed by atoms with van der Waals surface area (Å²) < 4.78 is 13.4. The van der Waals surface area contributed by atoms with E-state index in [2.05, 4.69) is 18.9 Å². The maximum Gasteiger partial charge on any atom is 0.0917 e. The Morgan fingerprint density at radius 3 is 2.78 bits per heavy atom.